The van der Waals surface area contributed by atoms with Gasteiger partial charge in [0.25, 0.3) is 0 Å². The van der Waals surface area contributed by atoms with E-state index in [2.05, 4.69) is 30.1 Å². The number of carbonyl (C=O) groups excluding carboxylic acids is 1. The molecular weight excluding hydrogens is 466 g/mol. The summed E-state index contributed by atoms with van der Waals surface area (Å²) in [5.41, 5.74) is 1.60. The van der Waals surface area contributed by atoms with Crippen LogP contribution < -0.4 is 5.32 Å². The Kier molecular flexibility index (Phi) is 11.5. The van der Waals surface area contributed by atoms with Gasteiger partial charge in [0.1, 0.15) is 5.60 Å². The summed E-state index contributed by atoms with van der Waals surface area (Å²) in [6.45, 7) is 5.52. The van der Waals surface area contributed by atoms with Crippen molar-refractivity contribution >= 4 is 28.6 Å². The van der Waals surface area contributed by atoms with Crippen molar-refractivity contribution < 1.29 is 17.9 Å². The van der Waals surface area contributed by atoms with Crippen LogP contribution in [0, 0.1) is 5.92 Å². The quantitative estimate of drug-likeness (QED) is 0.440. The predicted octanol–water partition coefficient (Wildman–Crippen LogP) is 6.19. The summed E-state index contributed by atoms with van der Waals surface area (Å²) in [7, 11) is -3.11. The number of ether oxygens (including phenoxy) is 1. The smallest absolute Gasteiger partial charge is 0.407 e. The molecule has 1 saturated carbocycles. The molecule has 0 spiro atoms. The molecule has 188 valence electrons. The SMILES string of the molecule is CC(C)(C)OC(=O)N[C@H]1CCC[C@@H](CCS(=O)(=O)Cc2ccccc2)C1.SCc1ccccc1. The first kappa shape index (κ1) is 28.2. The van der Waals surface area contributed by atoms with E-state index in [1.54, 1.807) is 0 Å². The molecule has 0 unspecified atom stereocenters. The number of thiol groups is 1. The van der Waals surface area contributed by atoms with Gasteiger partial charge in [0.2, 0.25) is 0 Å². The maximum absolute atomic E-state index is 12.4. The van der Waals surface area contributed by atoms with Crippen molar-refractivity contribution in [2.24, 2.45) is 5.92 Å². The zero-order valence-electron chi connectivity index (χ0n) is 20.6. The Bertz CT molecular complexity index is 957. The predicted molar refractivity (Wildman–Crippen MR) is 143 cm³/mol. The number of carbonyl (C=O) groups is 1. The van der Waals surface area contributed by atoms with E-state index in [9.17, 15) is 13.2 Å². The Hall–Kier alpha value is -1.99. The van der Waals surface area contributed by atoms with Crippen LogP contribution in [0.2, 0.25) is 0 Å². The van der Waals surface area contributed by atoms with Crippen LogP contribution >= 0.6 is 12.6 Å². The molecule has 0 aliphatic heterocycles. The Morgan fingerprint density at radius 3 is 2.12 bits per heavy atom. The first-order valence-corrected chi connectivity index (χ1v) is 14.4. The van der Waals surface area contributed by atoms with Gasteiger partial charge in [-0.3, -0.25) is 0 Å². The van der Waals surface area contributed by atoms with Crippen LogP contribution in [0.4, 0.5) is 4.79 Å². The summed E-state index contributed by atoms with van der Waals surface area (Å²) in [6.07, 6.45) is 4.03. The van der Waals surface area contributed by atoms with Crippen molar-refractivity contribution in [2.75, 3.05) is 5.75 Å². The maximum Gasteiger partial charge on any atom is 0.407 e. The lowest BCUT2D eigenvalue weighted by Gasteiger charge is -2.30. The zero-order valence-corrected chi connectivity index (χ0v) is 22.3. The minimum absolute atomic E-state index is 0.0698. The molecule has 1 aliphatic carbocycles. The molecule has 1 N–H and O–H groups in total. The molecule has 1 amide bonds. The number of hydrogen-bond donors (Lipinski definition) is 2. The number of alkyl carbamates (subject to hydrolysis) is 1. The van der Waals surface area contributed by atoms with Crippen molar-refractivity contribution in [2.45, 2.75) is 76.0 Å². The number of benzene rings is 2. The van der Waals surface area contributed by atoms with Crippen molar-refractivity contribution in [1.29, 1.82) is 0 Å². The van der Waals surface area contributed by atoms with Crippen LogP contribution in [-0.4, -0.2) is 31.9 Å². The minimum Gasteiger partial charge on any atom is -0.444 e. The van der Waals surface area contributed by atoms with E-state index in [1.165, 1.54) is 5.56 Å². The van der Waals surface area contributed by atoms with Gasteiger partial charge < -0.3 is 10.1 Å². The van der Waals surface area contributed by atoms with Crippen LogP contribution in [0.5, 0.6) is 0 Å². The molecule has 7 heteroatoms. The van der Waals surface area contributed by atoms with E-state index in [-0.39, 0.29) is 23.6 Å². The molecule has 2 aromatic carbocycles. The highest BCUT2D eigenvalue weighted by Crippen LogP contribution is 2.28. The van der Waals surface area contributed by atoms with Gasteiger partial charge in [-0.25, -0.2) is 13.2 Å². The third-order valence-corrected chi connectivity index (χ3v) is 7.59. The van der Waals surface area contributed by atoms with E-state index in [4.69, 9.17) is 4.74 Å². The van der Waals surface area contributed by atoms with Gasteiger partial charge in [0, 0.05) is 11.8 Å². The fourth-order valence-corrected chi connectivity index (χ4v) is 5.74. The van der Waals surface area contributed by atoms with Crippen molar-refractivity contribution in [3.05, 3.63) is 71.8 Å². The molecular formula is C27H39NO4S2. The summed E-state index contributed by atoms with van der Waals surface area (Å²) in [4.78, 5) is 11.9. The molecule has 3 rings (SSSR count). The molecule has 2 atom stereocenters. The summed E-state index contributed by atoms with van der Waals surface area (Å²) in [6, 6.07) is 19.5. The summed E-state index contributed by atoms with van der Waals surface area (Å²) >= 11 is 4.11. The van der Waals surface area contributed by atoms with Crippen LogP contribution in [0.3, 0.4) is 0 Å². The molecule has 2 aromatic rings. The second-order valence-corrected chi connectivity index (χ2v) is 12.4. The van der Waals surface area contributed by atoms with Crippen molar-refractivity contribution in [3.63, 3.8) is 0 Å². The van der Waals surface area contributed by atoms with Gasteiger partial charge in [-0.1, -0.05) is 73.5 Å². The Balaban J connectivity index is 0.000000430. The average Bonchev–Trinajstić information content (AvgIpc) is 2.78. The van der Waals surface area contributed by atoms with Gasteiger partial charge >= 0.3 is 6.09 Å². The number of hydrogen-bond acceptors (Lipinski definition) is 5. The van der Waals surface area contributed by atoms with E-state index in [0.717, 1.165) is 37.0 Å². The van der Waals surface area contributed by atoms with Gasteiger partial charge in [-0.2, -0.15) is 12.6 Å². The van der Waals surface area contributed by atoms with Crippen molar-refractivity contribution in [3.8, 4) is 0 Å². The number of nitrogens with one attached hydrogen (secondary N) is 1. The van der Waals surface area contributed by atoms with Gasteiger partial charge in [0.05, 0.1) is 11.5 Å². The minimum atomic E-state index is -3.11. The third-order valence-electron chi connectivity index (χ3n) is 5.60. The summed E-state index contributed by atoms with van der Waals surface area (Å²) in [5, 5.41) is 2.93. The monoisotopic (exact) mass is 505 g/mol. The van der Waals surface area contributed by atoms with Crippen molar-refractivity contribution in [1.82, 2.24) is 5.32 Å². The molecule has 0 heterocycles. The van der Waals surface area contributed by atoms with E-state index in [1.807, 2.05) is 69.3 Å². The lowest BCUT2D eigenvalue weighted by Crippen LogP contribution is -2.41. The molecule has 1 fully saturated rings. The first-order chi connectivity index (χ1) is 16.1. The lowest BCUT2D eigenvalue weighted by atomic mass is 9.84. The van der Waals surface area contributed by atoms with E-state index < -0.39 is 15.4 Å². The van der Waals surface area contributed by atoms with Gasteiger partial charge in [0.15, 0.2) is 9.84 Å². The average molecular weight is 506 g/mol. The summed E-state index contributed by atoms with van der Waals surface area (Å²) in [5.74, 6) is 1.46. The maximum atomic E-state index is 12.4. The second kappa shape index (κ2) is 13.8. The molecule has 0 saturated heterocycles. The molecule has 1 aliphatic rings. The highest BCUT2D eigenvalue weighted by molar-refractivity contribution is 7.90. The van der Waals surface area contributed by atoms with Crippen LogP contribution in [0.25, 0.3) is 0 Å². The largest absolute Gasteiger partial charge is 0.444 e. The first-order valence-electron chi connectivity index (χ1n) is 11.9. The topological polar surface area (TPSA) is 72.5 Å². The highest BCUT2D eigenvalue weighted by Gasteiger charge is 2.26. The number of rotatable bonds is 7. The molecule has 0 bridgehead atoms. The van der Waals surface area contributed by atoms with E-state index >= 15 is 0 Å². The standard InChI is InChI=1S/C20H31NO4S.C7H8S/c1-20(2,3)25-19(22)21-18-11-7-10-16(14-18)12-13-26(23,24)15-17-8-5-4-6-9-17;8-6-7-4-2-1-3-5-7/h4-6,8-9,16,18H,7,10-15H2,1-3H3,(H,21,22);1-5,8H,6H2/t16-,18-;/m0./s1. The lowest BCUT2D eigenvalue weighted by molar-refractivity contribution is 0.0484. The molecule has 34 heavy (non-hydrogen) atoms. The Labute approximate surface area is 211 Å². The van der Waals surface area contributed by atoms with Crippen LogP contribution in [0.1, 0.15) is 64.0 Å². The number of sulfone groups is 1. The normalized spacial score (nSPS) is 18.4. The molecule has 0 radical (unpaired) electrons. The van der Waals surface area contributed by atoms with E-state index in [0.29, 0.717) is 12.3 Å². The highest BCUT2D eigenvalue weighted by atomic mass is 32.2. The number of amides is 1. The summed E-state index contributed by atoms with van der Waals surface area (Å²) < 4.78 is 30.0. The van der Waals surface area contributed by atoms with Gasteiger partial charge in [-0.05, 0) is 57.1 Å². The van der Waals surface area contributed by atoms with Crippen LogP contribution in [-0.2, 0) is 26.1 Å². The Morgan fingerprint density at radius 1 is 1.00 bits per heavy atom. The van der Waals surface area contributed by atoms with Crippen LogP contribution in [0.15, 0.2) is 60.7 Å². The Morgan fingerprint density at radius 2 is 1.59 bits per heavy atom. The fourth-order valence-electron chi connectivity index (χ4n) is 3.99. The molecule has 5 nitrogen and oxygen atoms in total. The van der Waals surface area contributed by atoms with Gasteiger partial charge in [-0.15, -0.1) is 0 Å². The molecule has 0 aromatic heterocycles. The second-order valence-electron chi connectivity index (χ2n) is 9.89. The zero-order chi connectivity index (χ0) is 25.0. The fraction of sp³-hybridized carbons (Fsp3) is 0.519. The third kappa shape index (κ3) is 11.9.